The van der Waals surface area contributed by atoms with E-state index < -0.39 is 36.9 Å². The summed E-state index contributed by atoms with van der Waals surface area (Å²) in [7, 11) is -6.96. The summed E-state index contributed by atoms with van der Waals surface area (Å²) in [4.78, 5) is 4.04. The number of nitrogens with zero attached hydrogens (tertiary/aromatic N) is 2. The third-order valence-electron chi connectivity index (χ3n) is 2.85. The van der Waals surface area contributed by atoms with Crippen LogP contribution in [-0.2, 0) is 25.4 Å². The Morgan fingerprint density at radius 3 is 2.50 bits per heavy atom. The smallest absolute Gasteiger partial charge is 0.242 e. The van der Waals surface area contributed by atoms with Gasteiger partial charge in [0.1, 0.15) is 15.6 Å². The third kappa shape index (κ3) is 4.92. The van der Waals surface area contributed by atoms with Gasteiger partial charge in [0.15, 0.2) is 9.84 Å². The molecule has 2 rings (SSSR count). The van der Waals surface area contributed by atoms with E-state index in [9.17, 15) is 16.8 Å². The summed E-state index contributed by atoms with van der Waals surface area (Å²) in [5.41, 5.74) is 1.74. The zero-order chi connectivity index (χ0) is 16.4. The van der Waals surface area contributed by atoms with Crippen LogP contribution < -0.4 is 0 Å². The molecule has 1 aromatic heterocycles. The van der Waals surface area contributed by atoms with E-state index in [0.717, 1.165) is 17.4 Å². The maximum atomic E-state index is 11.9. The first-order valence-electron chi connectivity index (χ1n) is 6.42. The van der Waals surface area contributed by atoms with Crippen molar-refractivity contribution in [1.82, 2.24) is 10.1 Å². The lowest BCUT2D eigenvalue weighted by atomic mass is 10.1. The fourth-order valence-electron chi connectivity index (χ4n) is 1.75. The van der Waals surface area contributed by atoms with Gasteiger partial charge < -0.3 is 4.52 Å². The van der Waals surface area contributed by atoms with Gasteiger partial charge in [-0.2, -0.15) is 4.98 Å². The van der Waals surface area contributed by atoms with Crippen molar-refractivity contribution < 1.29 is 21.4 Å². The molecule has 0 fully saturated rings. The summed E-state index contributed by atoms with van der Waals surface area (Å²) in [6.45, 7) is 1.92. The van der Waals surface area contributed by atoms with Crippen molar-refractivity contribution in [2.24, 2.45) is 0 Å². The highest BCUT2D eigenvalue weighted by Gasteiger charge is 2.20. The van der Waals surface area contributed by atoms with Crippen molar-refractivity contribution in [1.29, 1.82) is 0 Å². The number of rotatable bonds is 6. The van der Waals surface area contributed by atoms with Crippen molar-refractivity contribution in [2.45, 2.75) is 12.7 Å². The monoisotopic (exact) mass is 344 g/mol. The average Bonchev–Trinajstić information content (AvgIpc) is 2.84. The van der Waals surface area contributed by atoms with Gasteiger partial charge in [0.2, 0.25) is 11.7 Å². The molecule has 1 aromatic carbocycles. The number of aryl methyl sites for hydroxylation is 1. The predicted molar refractivity (Wildman–Crippen MR) is 81.7 cm³/mol. The van der Waals surface area contributed by atoms with Gasteiger partial charge in [0, 0.05) is 11.8 Å². The third-order valence-corrected chi connectivity index (χ3v) is 5.57. The van der Waals surface area contributed by atoms with Gasteiger partial charge in [-0.1, -0.05) is 28.9 Å². The molecule has 0 aliphatic heterocycles. The average molecular weight is 344 g/mol. The SMILES string of the molecule is Cc1cccc(-c2noc(CS(=O)(=O)CCS(C)(=O)=O)n2)c1. The van der Waals surface area contributed by atoms with Gasteiger partial charge in [-0.25, -0.2) is 16.8 Å². The molecular formula is C13H16N2O5S2. The van der Waals surface area contributed by atoms with Gasteiger partial charge in [0.05, 0.1) is 11.5 Å². The van der Waals surface area contributed by atoms with Gasteiger partial charge >= 0.3 is 0 Å². The minimum absolute atomic E-state index is 0.0509. The molecule has 1 heterocycles. The summed E-state index contributed by atoms with van der Waals surface area (Å²) in [5.74, 6) is -1.11. The van der Waals surface area contributed by atoms with E-state index in [4.69, 9.17) is 4.52 Å². The maximum Gasteiger partial charge on any atom is 0.242 e. The topological polar surface area (TPSA) is 107 Å². The Bertz CT molecular complexity index is 869. The predicted octanol–water partition coefficient (Wildman–Crippen LogP) is 1.00. The molecule has 0 radical (unpaired) electrons. The molecule has 7 nitrogen and oxygen atoms in total. The molecule has 0 amide bonds. The molecule has 120 valence electrons. The molecule has 0 bridgehead atoms. The number of hydrogen-bond acceptors (Lipinski definition) is 7. The lowest BCUT2D eigenvalue weighted by Gasteiger charge is -1.99. The van der Waals surface area contributed by atoms with Crippen LogP contribution in [0.3, 0.4) is 0 Å². The molecule has 0 atom stereocenters. The highest BCUT2D eigenvalue weighted by molar-refractivity contribution is 7.94. The van der Waals surface area contributed by atoms with E-state index in [-0.39, 0.29) is 5.89 Å². The van der Waals surface area contributed by atoms with Crippen LogP contribution in [0.4, 0.5) is 0 Å². The summed E-state index contributed by atoms with van der Waals surface area (Å²) in [6, 6.07) is 7.40. The largest absolute Gasteiger partial charge is 0.338 e. The molecule has 0 saturated heterocycles. The van der Waals surface area contributed by atoms with Crippen molar-refractivity contribution in [3.05, 3.63) is 35.7 Å². The molecular weight excluding hydrogens is 328 g/mol. The van der Waals surface area contributed by atoms with Crippen LogP contribution in [0.2, 0.25) is 0 Å². The first-order valence-corrected chi connectivity index (χ1v) is 10.3. The second-order valence-corrected chi connectivity index (χ2v) is 9.55. The van der Waals surface area contributed by atoms with Crippen molar-refractivity contribution in [3.63, 3.8) is 0 Å². The van der Waals surface area contributed by atoms with Gasteiger partial charge in [-0.15, -0.1) is 0 Å². The lowest BCUT2D eigenvalue weighted by Crippen LogP contribution is -2.17. The maximum absolute atomic E-state index is 11.9. The van der Waals surface area contributed by atoms with Crippen molar-refractivity contribution >= 4 is 19.7 Å². The first kappa shape index (κ1) is 16.6. The van der Waals surface area contributed by atoms with Crippen LogP contribution in [0.15, 0.2) is 28.8 Å². The second-order valence-electron chi connectivity index (χ2n) is 5.10. The molecule has 2 aromatic rings. The minimum atomic E-state index is -3.62. The lowest BCUT2D eigenvalue weighted by molar-refractivity contribution is 0.389. The molecule has 0 N–H and O–H groups in total. The normalized spacial score (nSPS) is 12.5. The summed E-state index contributed by atoms with van der Waals surface area (Å²) < 4.78 is 50.7. The molecule has 22 heavy (non-hydrogen) atoms. The van der Waals surface area contributed by atoms with Crippen molar-refractivity contribution in [3.8, 4) is 11.4 Å². The fourth-order valence-corrected chi connectivity index (χ4v) is 4.62. The Hall–Kier alpha value is -1.74. The van der Waals surface area contributed by atoms with Gasteiger partial charge in [-0.05, 0) is 13.0 Å². The molecule has 0 aliphatic rings. The Labute approximate surface area is 129 Å². The first-order chi connectivity index (χ1) is 10.1. The van der Waals surface area contributed by atoms with Crippen LogP contribution in [0.25, 0.3) is 11.4 Å². The highest BCUT2D eigenvalue weighted by Crippen LogP contribution is 2.17. The minimum Gasteiger partial charge on any atom is -0.338 e. The molecule has 0 saturated carbocycles. The molecule has 9 heteroatoms. The van der Waals surface area contributed by atoms with Gasteiger partial charge in [0.25, 0.3) is 0 Å². The Morgan fingerprint density at radius 2 is 1.86 bits per heavy atom. The van der Waals surface area contributed by atoms with Crippen LogP contribution in [-0.4, -0.2) is 44.7 Å². The van der Waals surface area contributed by atoms with Crippen LogP contribution in [0.5, 0.6) is 0 Å². The summed E-state index contributed by atoms with van der Waals surface area (Å²) >= 11 is 0. The van der Waals surface area contributed by atoms with E-state index in [2.05, 4.69) is 10.1 Å². The van der Waals surface area contributed by atoms with E-state index in [0.29, 0.717) is 5.82 Å². The van der Waals surface area contributed by atoms with E-state index >= 15 is 0 Å². The van der Waals surface area contributed by atoms with E-state index in [1.165, 1.54) is 0 Å². The van der Waals surface area contributed by atoms with E-state index in [1.807, 2.05) is 25.1 Å². The molecule has 0 aliphatic carbocycles. The highest BCUT2D eigenvalue weighted by atomic mass is 32.2. The fraction of sp³-hybridized carbons (Fsp3) is 0.385. The zero-order valence-corrected chi connectivity index (χ0v) is 13.8. The quantitative estimate of drug-likeness (QED) is 0.769. The Kier molecular flexibility index (Phi) is 4.66. The van der Waals surface area contributed by atoms with E-state index in [1.54, 1.807) is 6.07 Å². The Morgan fingerprint density at radius 1 is 1.14 bits per heavy atom. The van der Waals surface area contributed by atoms with Gasteiger partial charge in [-0.3, -0.25) is 0 Å². The zero-order valence-electron chi connectivity index (χ0n) is 12.2. The second kappa shape index (κ2) is 6.17. The number of hydrogen-bond donors (Lipinski definition) is 0. The number of benzene rings is 1. The number of sulfone groups is 2. The van der Waals surface area contributed by atoms with Crippen LogP contribution in [0.1, 0.15) is 11.5 Å². The van der Waals surface area contributed by atoms with Crippen LogP contribution >= 0.6 is 0 Å². The number of aromatic nitrogens is 2. The molecule has 0 spiro atoms. The molecule has 0 unspecified atom stereocenters. The Balaban J connectivity index is 2.12. The van der Waals surface area contributed by atoms with Crippen LogP contribution in [0, 0.1) is 6.92 Å². The summed E-state index contributed by atoms with van der Waals surface area (Å²) in [6.07, 6.45) is 0.991. The standard InChI is InChI=1S/C13H16N2O5S2/c1-10-4-3-5-11(8-10)13-14-12(20-15-13)9-22(18,19)7-6-21(2,16)17/h3-5,8H,6-7,9H2,1-2H3. The van der Waals surface area contributed by atoms with Crippen molar-refractivity contribution in [2.75, 3.05) is 17.8 Å². The summed E-state index contributed by atoms with van der Waals surface area (Å²) in [5, 5.41) is 3.75.